The third-order valence-electron chi connectivity index (χ3n) is 2.43. The van der Waals surface area contributed by atoms with Crippen molar-refractivity contribution in [3.05, 3.63) is 0 Å². The van der Waals surface area contributed by atoms with E-state index in [4.69, 9.17) is 0 Å². The first-order valence-corrected chi connectivity index (χ1v) is 5.91. The van der Waals surface area contributed by atoms with Crippen LogP contribution >= 0.6 is 0 Å². The van der Waals surface area contributed by atoms with Gasteiger partial charge in [0.25, 0.3) is 0 Å². The summed E-state index contributed by atoms with van der Waals surface area (Å²) >= 11 is -1.18. The molecule has 0 aromatic rings. The van der Waals surface area contributed by atoms with Crippen LogP contribution in [0.25, 0.3) is 0 Å². The monoisotopic (exact) mass is 505 g/mol. The van der Waals surface area contributed by atoms with Crippen LogP contribution in [-0.4, -0.2) is 64.8 Å². The summed E-state index contributed by atoms with van der Waals surface area (Å²) in [4.78, 5) is 0. The fraction of sp³-hybridized carbons (Fsp3) is 1.00. The summed E-state index contributed by atoms with van der Waals surface area (Å²) in [7, 11) is 0. The molecule has 1 nitrogen and oxygen atoms in total. The van der Waals surface area contributed by atoms with Gasteiger partial charge in [0.1, 0.15) is 0 Å². The Labute approximate surface area is 134 Å². The predicted octanol–water partition coefficient (Wildman–Crippen LogP) is 4.42. The van der Waals surface area contributed by atoms with Crippen molar-refractivity contribution in [1.82, 2.24) is 0 Å². The van der Waals surface area contributed by atoms with Crippen molar-refractivity contribution in [2.24, 2.45) is 0 Å². The molecule has 0 aliphatic rings. The summed E-state index contributed by atoms with van der Waals surface area (Å²) in [5.41, 5.74) is 0. The van der Waals surface area contributed by atoms with Crippen LogP contribution in [-0.2, 0) is 3.07 Å². The fourth-order valence-electron chi connectivity index (χ4n) is 1.02. The second-order valence-corrected chi connectivity index (χ2v) is 4.57. The van der Waals surface area contributed by atoms with Crippen LogP contribution < -0.4 is 0 Å². The fourth-order valence-corrected chi connectivity index (χ4v) is 1.38. The molecule has 0 aliphatic heterocycles. The molecular weight excluding hydrogens is 504 g/mol. The molecular formula is C7F15OSn. The summed E-state index contributed by atoms with van der Waals surface area (Å²) in [6, 6.07) is 0. The van der Waals surface area contributed by atoms with E-state index in [0.717, 1.165) is 0 Å². The molecule has 0 unspecified atom stereocenters. The maximum atomic E-state index is 12.8. The van der Waals surface area contributed by atoms with Crippen LogP contribution in [0.3, 0.4) is 0 Å². The van der Waals surface area contributed by atoms with E-state index in [1.54, 1.807) is 0 Å². The molecule has 0 aromatic heterocycles. The van der Waals surface area contributed by atoms with E-state index in [-0.39, 0.29) is 0 Å². The van der Waals surface area contributed by atoms with Gasteiger partial charge in [0, 0.05) is 0 Å². The molecule has 3 radical (unpaired) electrons. The van der Waals surface area contributed by atoms with Crippen LogP contribution in [0.15, 0.2) is 0 Å². The summed E-state index contributed by atoms with van der Waals surface area (Å²) < 4.78 is 189. The molecule has 0 amide bonds. The Morgan fingerprint density at radius 1 is 0.417 bits per heavy atom. The summed E-state index contributed by atoms with van der Waals surface area (Å²) in [5, 5.41) is 0. The Morgan fingerprint density at radius 3 is 0.917 bits per heavy atom. The zero-order valence-corrected chi connectivity index (χ0v) is 12.9. The molecule has 0 saturated carbocycles. The van der Waals surface area contributed by atoms with Crippen LogP contribution in [0.4, 0.5) is 65.9 Å². The van der Waals surface area contributed by atoms with Crippen molar-refractivity contribution >= 4 is 22.9 Å². The van der Waals surface area contributed by atoms with Gasteiger partial charge in [-0.05, 0) is 0 Å². The van der Waals surface area contributed by atoms with Crippen molar-refractivity contribution in [3.63, 3.8) is 0 Å². The molecule has 143 valence electrons. The van der Waals surface area contributed by atoms with Crippen molar-refractivity contribution < 1.29 is 68.9 Å². The summed E-state index contributed by atoms with van der Waals surface area (Å²) in [5.74, 6) is -40.1. The van der Waals surface area contributed by atoms with E-state index in [2.05, 4.69) is 3.07 Å². The van der Waals surface area contributed by atoms with E-state index >= 15 is 0 Å². The van der Waals surface area contributed by atoms with Gasteiger partial charge >= 0.3 is 134 Å². The quantitative estimate of drug-likeness (QED) is 0.385. The summed E-state index contributed by atoms with van der Waals surface area (Å²) in [6.45, 7) is 0. The third-order valence-corrected chi connectivity index (χ3v) is 3.16. The first-order valence-electron chi connectivity index (χ1n) is 4.74. The van der Waals surface area contributed by atoms with Crippen molar-refractivity contribution in [2.75, 3.05) is 0 Å². The van der Waals surface area contributed by atoms with Crippen LogP contribution in [0.5, 0.6) is 0 Å². The van der Waals surface area contributed by atoms with Gasteiger partial charge in [0.05, 0.1) is 0 Å². The Balaban J connectivity index is 6.42. The number of alkyl halides is 15. The minimum absolute atomic E-state index is 1.18. The zero-order valence-electron chi connectivity index (χ0n) is 10.1. The van der Waals surface area contributed by atoms with Gasteiger partial charge in [-0.1, -0.05) is 0 Å². The molecule has 0 aliphatic carbocycles. The summed E-state index contributed by atoms with van der Waals surface area (Å²) in [6.07, 6.45) is -14.2. The van der Waals surface area contributed by atoms with Gasteiger partial charge in [-0.15, -0.1) is 0 Å². The van der Waals surface area contributed by atoms with E-state index in [9.17, 15) is 65.9 Å². The number of rotatable bonds is 6. The Hall–Kier alpha value is -0.291. The standard InChI is InChI=1S/C7F15O.Sn/c8-1(9,2(10,11)4(14,15)6(18,19)20)3(12,13)5(16,17)7(21,22)23;/q-1;+1. The van der Waals surface area contributed by atoms with Crippen molar-refractivity contribution in [2.45, 2.75) is 41.9 Å². The molecule has 0 atom stereocenters. The first kappa shape index (κ1) is 23.7. The Morgan fingerprint density at radius 2 is 0.667 bits per heavy atom. The van der Waals surface area contributed by atoms with Gasteiger partial charge in [-0.25, -0.2) is 0 Å². The van der Waals surface area contributed by atoms with Gasteiger partial charge in [0.15, 0.2) is 0 Å². The van der Waals surface area contributed by atoms with Crippen LogP contribution in [0, 0.1) is 0 Å². The Kier molecular flexibility index (Phi) is 5.80. The van der Waals surface area contributed by atoms with E-state index in [1.165, 1.54) is 0 Å². The van der Waals surface area contributed by atoms with Crippen molar-refractivity contribution in [3.8, 4) is 0 Å². The molecule has 17 heteroatoms. The number of halogens is 15. The molecule has 0 saturated heterocycles. The van der Waals surface area contributed by atoms with Crippen LogP contribution in [0.2, 0.25) is 0 Å². The van der Waals surface area contributed by atoms with Gasteiger partial charge < -0.3 is 0 Å². The SMILES string of the molecule is FC(F)(F)C(F)(F)C(F)(F)C(F)(F)C(F)(F)C(F)(F)C(F)(F)[O][Sn]. The van der Waals surface area contributed by atoms with Gasteiger partial charge in [0.2, 0.25) is 0 Å². The molecule has 0 aromatic carbocycles. The van der Waals surface area contributed by atoms with Crippen molar-refractivity contribution in [1.29, 1.82) is 0 Å². The molecule has 0 rings (SSSR count). The molecule has 0 N–H and O–H groups in total. The van der Waals surface area contributed by atoms with Crippen LogP contribution in [0.1, 0.15) is 0 Å². The molecule has 0 spiro atoms. The normalized spacial score (nSPS) is 16.5. The maximum absolute atomic E-state index is 12.8. The van der Waals surface area contributed by atoms with E-state index in [0.29, 0.717) is 0 Å². The second kappa shape index (κ2) is 5.87. The van der Waals surface area contributed by atoms with Gasteiger partial charge in [-0.2, -0.15) is 0 Å². The third kappa shape index (κ3) is 2.89. The number of hydrogen-bond donors (Lipinski definition) is 0. The van der Waals surface area contributed by atoms with E-state index < -0.39 is 64.8 Å². The molecule has 0 fully saturated rings. The first-order chi connectivity index (χ1) is 10.1. The van der Waals surface area contributed by atoms with Gasteiger partial charge in [-0.3, -0.25) is 0 Å². The predicted molar refractivity (Wildman–Crippen MR) is 42.6 cm³/mol. The average molecular weight is 504 g/mol. The molecule has 0 bridgehead atoms. The molecule has 0 heterocycles. The second-order valence-electron chi connectivity index (χ2n) is 3.99. The zero-order chi connectivity index (χ0) is 20.2. The topological polar surface area (TPSA) is 9.23 Å². The Bertz CT molecular complexity index is 465. The average Bonchev–Trinajstić information content (AvgIpc) is 2.36. The minimum atomic E-state index is -8.26. The number of hydrogen-bond acceptors (Lipinski definition) is 1. The molecule has 24 heavy (non-hydrogen) atoms. The van der Waals surface area contributed by atoms with E-state index in [1.807, 2.05) is 0 Å².